The van der Waals surface area contributed by atoms with E-state index in [1.54, 1.807) is 31.2 Å². The molecule has 0 aliphatic heterocycles. The summed E-state index contributed by atoms with van der Waals surface area (Å²) in [5.74, 6) is -0.910. The highest BCUT2D eigenvalue weighted by Gasteiger charge is 2.12. The molecule has 0 aliphatic rings. The van der Waals surface area contributed by atoms with Crippen LogP contribution in [-0.4, -0.2) is 17.0 Å². The van der Waals surface area contributed by atoms with Crippen molar-refractivity contribution in [2.45, 2.75) is 6.92 Å². The van der Waals surface area contributed by atoms with E-state index in [-0.39, 0.29) is 11.3 Å². The Balaban J connectivity index is 2.30. The maximum Gasteiger partial charge on any atom is 0.339 e. The maximum atomic E-state index is 11.2. The molecule has 0 aliphatic carbocycles. The topological polar surface area (TPSA) is 89.6 Å². The van der Waals surface area contributed by atoms with E-state index in [0.717, 1.165) is 5.56 Å². The fourth-order valence-corrected chi connectivity index (χ4v) is 1.71. The summed E-state index contributed by atoms with van der Waals surface area (Å²) in [5, 5.41) is 9.14. The Bertz CT molecular complexity index is 662. The van der Waals surface area contributed by atoms with Crippen molar-refractivity contribution in [1.82, 2.24) is 0 Å². The lowest BCUT2D eigenvalue weighted by atomic mass is 10.1. The third-order valence-corrected chi connectivity index (χ3v) is 2.73. The van der Waals surface area contributed by atoms with Gasteiger partial charge in [-0.3, -0.25) is 4.79 Å². The monoisotopic (exact) mass is 271 g/mol. The van der Waals surface area contributed by atoms with E-state index < -0.39 is 11.9 Å². The first kappa shape index (κ1) is 13.6. The van der Waals surface area contributed by atoms with Gasteiger partial charge in [0.2, 0.25) is 5.91 Å². The fraction of sp³-hybridized carbons (Fsp3) is 0.0667. The SMILES string of the molecule is Cc1ccc(Oc2ccc(C(N)=O)cc2)c(C(=O)O)c1. The van der Waals surface area contributed by atoms with Crippen LogP contribution in [-0.2, 0) is 0 Å². The molecule has 102 valence electrons. The van der Waals surface area contributed by atoms with Crippen LogP contribution in [0.4, 0.5) is 0 Å². The molecule has 0 spiro atoms. The number of carbonyl (C=O) groups is 2. The number of hydrogen-bond acceptors (Lipinski definition) is 3. The van der Waals surface area contributed by atoms with E-state index in [9.17, 15) is 9.59 Å². The van der Waals surface area contributed by atoms with E-state index in [1.165, 1.54) is 18.2 Å². The number of rotatable bonds is 4. The van der Waals surface area contributed by atoms with E-state index in [2.05, 4.69) is 0 Å². The third-order valence-electron chi connectivity index (χ3n) is 2.73. The first-order valence-electron chi connectivity index (χ1n) is 5.89. The van der Waals surface area contributed by atoms with Crippen LogP contribution in [0.15, 0.2) is 42.5 Å². The first-order chi connectivity index (χ1) is 9.47. The predicted molar refractivity (Wildman–Crippen MR) is 73.2 cm³/mol. The van der Waals surface area contributed by atoms with Gasteiger partial charge in [-0.1, -0.05) is 11.6 Å². The Hall–Kier alpha value is -2.82. The van der Waals surface area contributed by atoms with Crippen LogP contribution in [0.1, 0.15) is 26.3 Å². The number of primary amides is 1. The first-order valence-corrected chi connectivity index (χ1v) is 5.89. The normalized spacial score (nSPS) is 10.1. The number of carboxylic acid groups (broad SMARTS) is 1. The van der Waals surface area contributed by atoms with Crippen molar-refractivity contribution in [3.63, 3.8) is 0 Å². The lowest BCUT2D eigenvalue weighted by molar-refractivity contribution is 0.0694. The molecule has 2 aromatic carbocycles. The standard InChI is InChI=1S/C15H13NO4/c1-9-2-7-13(12(8-9)15(18)19)20-11-5-3-10(4-6-11)14(16)17/h2-8H,1H3,(H2,16,17)(H,18,19). The molecule has 0 radical (unpaired) electrons. The van der Waals surface area contributed by atoms with Crippen molar-refractivity contribution in [1.29, 1.82) is 0 Å². The second kappa shape index (κ2) is 5.44. The quantitative estimate of drug-likeness (QED) is 0.894. The molecule has 0 heterocycles. The molecular weight excluding hydrogens is 258 g/mol. The minimum Gasteiger partial charge on any atom is -0.478 e. The van der Waals surface area contributed by atoms with Crippen molar-refractivity contribution in [3.05, 3.63) is 59.2 Å². The number of ether oxygens (including phenoxy) is 1. The summed E-state index contributed by atoms with van der Waals surface area (Å²) in [4.78, 5) is 22.1. The number of benzene rings is 2. The van der Waals surface area contributed by atoms with E-state index >= 15 is 0 Å². The van der Waals surface area contributed by atoms with Crippen LogP contribution in [0.2, 0.25) is 0 Å². The Labute approximate surface area is 115 Å². The van der Waals surface area contributed by atoms with Gasteiger partial charge in [0.05, 0.1) is 0 Å². The molecule has 5 heteroatoms. The molecule has 3 N–H and O–H groups in total. The Kier molecular flexibility index (Phi) is 3.70. The van der Waals surface area contributed by atoms with E-state index in [0.29, 0.717) is 11.3 Å². The molecule has 0 saturated carbocycles. The van der Waals surface area contributed by atoms with Crippen molar-refractivity contribution in [2.24, 2.45) is 5.73 Å². The highest BCUT2D eigenvalue weighted by atomic mass is 16.5. The molecule has 0 fully saturated rings. The minimum absolute atomic E-state index is 0.0870. The minimum atomic E-state index is -1.06. The number of aromatic carboxylic acids is 1. The van der Waals surface area contributed by atoms with Crippen LogP contribution in [0.5, 0.6) is 11.5 Å². The average molecular weight is 271 g/mol. The van der Waals surface area contributed by atoms with Crippen molar-refractivity contribution >= 4 is 11.9 Å². The highest BCUT2D eigenvalue weighted by molar-refractivity contribution is 5.93. The van der Waals surface area contributed by atoms with Crippen molar-refractivity contribution < 1.29 is 19.4 Å². The molecule has 0 aromatic heterocycles. The largest absolute Gasteiger partial charge is 0.478 e. The Morgan fingerprint density at radius 3 is 2.30 bits per heavy atom. The number of hydrogen-bond donors (Lipinski definition) is 2. The van der Waals surface area contributed by atoms with Gasteiger partial charge in [-0.25, -0.2) is 4.79 Å². The van der Waals surface area contributed by atoms with Crippen LogP contribution >= 0.6 is 0 Å². The molecule has 1 amide bonds. The van der Waals surface area contributed by atoms with Gasteiger partial charge >= 0.3 is 5.97 Å². The van der Waals surface area contributed by atoms with Gasteiger partial charge < -0.3 is 15.6 Å². The number of nitrogens with two attached hydrogens (primary N) is 1. The number of carboxylic acids is 1. The molecule has 0 unspecified atom stereocenters. The average Bonchev–Trinajstić information content (AvgIpc) is 2.41. The molecule has 0 bridgehead atoms. The zero-order valence-corrected chi connectivity index (χ0v) is 10.8. The Morgan fingerprint density at radius 1 is 1.10 bits per heavy atom. The van der Waals surface area contributed by atoms with Gasteiger partial charge in [0.1, 0.15) is 17.1 Å². The van der Waals surface area contributed by atoms with E-state index in [1.807, 2.05) is 0 Å². The molecule has 0 saturated heterocycles. The van der Waals surface area contributed by atoms with Crippen LogP contribution in [0.3, 0.4) is 0 Å². The second-order valence-corrected chi connectivity index (χ2v) is 4.30. The van der Waals surface area contributed by atoms with Crippen LogP contribution in [0.25, 0.3) is 0 Å². The Morgan fingerprint density at radius 2 is 1.75 bits per heavy atom. The van der Waals surface area contributed by atoms with E-state index in [4.69, 9.17) is 15.6 Å². The fourth-order valence-electron chi connectivity index (χ4n) is 1.71. The second-order valence-electron chi connectivity index (χ2n) is 4.30. The molecule has 2 rings (SSSR count). The smallest absolute Gasteiger partial charge is 0.339 e. The molecule has 20 heavy (non-hydrogen) atoms. The molecular formula is C15H13NO4. The number of amides is 1. The van der Waals surface area contributed by atoms with Gasteiger partial charge in [-0.05, 0) is 43.3 Å². The highest BCUT2D eigenvalue weighted by Crippen LogP contribution is 2.26. The van der Waals surface area contributed by atoms with Gasteiger partial charge in [0.15, 0.2) is 0 Å². The van der Waals surface area contributed by atoms with Crippen LogP contribution < -0.4 is 10.5 Å². The van der Waals surface area contributed by atoms with Crippen molar-refractivity contribution in [2.75, 3.05) is 0 Å². The predicted octanol–water partition coefficient (Wildman–Crippen LogP) is 2.58. The van der Waals surface area contributed by atoms with Crippen molar-refractivity contribution in [3.8, 4) is 11.5 Å². The lowest BCUT2D eigenvalue weighted by Gasteiger charge is -2.09. The molecule has 5 nitrogen and oxygen atoms in total. The number of aryl methyl sites for hydroxylation is 1. The van der Waals surface area contributed by atoms with Gasteiger partial charge in [0, 0.05) is 5.56 Å². The molecule has 0 atom stereocenters. The summed E-state index contributed by atoms with van der Waals surface area (Å²) in [6.45, 7) is 1.80. The summed E-state index contributed by atoms with van der Waals surface area (Å²) < 4.78 is 5.53. The summed E-state index contributed by atoms with van der Waals surface area (Å²) in [6, 6.07) is 11.1. The molecule has 2 aromatic rings. The summed E-state index contributed by atoms with van der Waals surface area (Å²) in [7, 11) is 0. The van der Waals surface area contributed by atoms with Crippen LogP contribution in [0, 0.1) is 6.92 Å². The third kappa shape index (κ3) is 2.95. The zero-order chi connectivity index (χ0) is 14.7. The summed E-state index contributed by atoms with van der Waals surface area (Å²) in [5.41, 5.74) is 6.42. The zero-order valence-electron chi connectivity index (χ0n) is 10.8. The number of carbonyl (C=O) groups excluding carboxylic acids is 1. The summed E-state index contributed by atoms with van der Waals surface area (Å²) >= 11 is 0. The lowest BCUT2D eigenvalue weighted by Crippen LogP contribution is -2.10. The maximum absolute atomic E-state index is 11.2. The van der Waals surface area contributed by atoms with Gasteiger partial charge in [-0.15, -0.1) is 0 Å². The summed E-state index contributed by atoms with van der Waals surface area (Å²) in [6.07, 6.45) is 0. The van der Waals surface area contributed by atoms with Gasteiger partial charge in [-0.2, -0.15) is 0 Å². The van der Waals surface area contributed by atoms with Gasteiger partial charge in [0.25, 0.3) is 0 Å².